The van der Waals surface area contributed by atoms with Crippen molar-refractivity contribution in [1.29, 1.82) is 0 Å². The summed E-state index contributed by atoms with van der Waals surface area (Å²) < 4.78 is 23.7. The summed E-state index contributed by atoms with van der Waals surface area (Å²) in [7, 11) is 1.57. The molecule has 9 heteroatoms. The number of quaternary nitrogens is 1. The predicted molar refractivity (Wildman–Crippen MR) is 318 cm³/mol. The fourth-order valence-electron chi connectivity index (χ4n) is 9.89. The molecule has 0 radical (unpaired) electrons. The van der Waals surface area contributed by atoms with Crippen molar-refractivity contribution in [2.24, 2.45) is 0 Å². The van der Waals surface area contributed by atoms with Crippen molar-refractivity contribution in [2.75, 3.05) is 40.9 Å². The number of aliphatic hydroxyl groups is 1. The highest BCUT2D eigenvalue weighted by Crippen LogP contribution is 2.43. The van der Waals surface area contributed by atoms with E-state index in [-0.39, 0.29) is 19.1 Å². The van der Waals surface area contributed by atoms with E-state index >= 15 is 0 Å². The summed E-state index contributed by atoms with van der Waals surface area (Å²) in [6.45, 7) is 4.83. The van der Waals surface area contributed by atoms with Crippen molar-refractivity contribution >= 4 is 13.7 Å². The molecule has 0 fully saturated rings. The Hall–Kier alpha value is -1.02. The summed E-state index contributed by atoms with van der Waals surface area (Å²) in [6, 6.07) is -0.860. The van der Waals surface area contributed by atoms with Crippen molar-refractivity contribution in [3.63, 3.8) is 0 Å². The SMILES string of the molecule is CCCCCCCCCCC/C=C/CC/C=C/C(O)C(COP(=O)(O)OCC[N+](C)(C)C)NC(=O)CCCCCCCCCCCCCCCCCCCCCCCCCCCCCCCCCCCCCC. The van der Waals surface area contributed by atoms with Crippen LogP contribution in [0, 0.1) is 0 Å². The third-order valence-electron chi connectivity index (χ3n) is 14.9. The second-order valence-electron chi connectivity index (χ2n) is 23.5. The van der Waals surface area contributed by atoms with Gasteiger partial charge >= 0.3 is 7.82 Å². The summed E-state index contributed by atoms with van der Waals surface area (Å²) in [4.78, 5) is 23.3. The number of carbonyl (C=O) groups is 1. The third-order valence-corrected chi connectivity index (χ3v) is 15.9. The maximum atomic E-state index is 13.0. The van der Waals surface area contributed by atoms with Gasteiger partial charge in [0.1, 0.15) is 13.2 Å². The number of phosphoric ester groups is 1. The lowest BCUT2D eigenvalue weighted by Crippen LogP contribution is -2.45. The molecule has 0 heterocycles. The molecular weight excluding hydrogens is 924 g/mol. The summed E-state index contributed by atoms with van der Waals surface area (Å²) in [5.74, 6) is -0.180. The Bertz CT molecular complexity index is 1240. The Kier molecular flexibility index (Phi) is 54.9. The number of aliphatic hydroxyl groups excluding tert-OH is 1. The molecule has 0 aromatic rings. The third kappa shape index (κ3) is 58.5. The van der Waals surface area contributed by atoms with Crippen LogP contribution in [0.1, 0.15) is 328 Å². The largest absolute Gasteiger partial charge is 0.472 e. The minimum Gasteiger partial charge on any atom is -0.387 e. The number of nitrogens with zero attached hydrogens (tertiary/aromatic N) is 1. The Balaban J connectivity index is 3.93. The second-order valence-corrected chi connectivity index (χ2v) is 24.9. The topological polar surface area (TPSA) is 105 Å². The van der Waals surface area contributed by atoms with Gasteiger partial charge < -0.3 is 19.8 Å². The van der Waals surface area contributed by atoms with E-state index in [0.29, 0.717) is 17.4 Å². The van der Waals surface area contributed by atoms with E-state index in [4.69, 9.17) is 9.05 Å². The van der Waals surface area contributed by atoms with Gasteiger partial charge in [-0.05, 0) is 32.1 Å². The van der Waals surface area contributed by atoms with E-state index < -0.39 is 20.0 Å². The molecule has 3 N–H and O–H groups in total. The van der Waals surface area contributed by atoms with Crippen LogP contribution in [0.4, 0.5) is 0 Å². The van der Waals surface area contributed by atoms with Gasteiger partial charge in [-0.25, -0.2) is 4.57 Å². The first-order valence-electron chi connectivity index (χ1n) is 32.2. The molecule has 434 valence electrons. The molecule has 0 bridgehead atoms. The van der Waals surface area contributed by atoms with E-state index in [1.807, 2.05) is 27.2 Å². The van der Waals surface area contributed by atoms with Crippen LogP contribution in [0.3, 0.4) is 0 Å². The van der Waals surface area contributed by atoms with Crippen LogP contribution in [0.2, 0.25) is 0 Å². The van der Waals surface area contributed by atoms with Crippen LogP contribution < -0.4 is 5.32 Å². The van der Waals surface area contributed by atoms with Gasteiger partial charge in [0, 0.05) is 6.42 Å². The van der Waals surface area contributed by atoms with E-state index in [1.165, 1.54) is 270 Å². The average molecular weight is 1050 g/mol. The van der Waals surface area contributed by atoms with Crippen LogP contribution in [-0.4, -0.2) is 73.4 Å². The molecule has 3 unspecified atom stereocenters. The summed E-state index contributed by atoms with van der Waals surface area (Å²) in [6.07, 6.45) is 71.9. The first kappa shape index (κ1) is 72.0. The van der Waals surface area contributed by atoms with Gasteiger partial charge in [-0.1, -0.05) is 314 Å². The number of amides is 1. The molecule has 0 aromatic heterocycles. The number of nitrogens with one attached hydrogen (secondary N) is 1. The smallest absolute Gasteiger partial charge is 0.387 e. The van der Waals surface area contributed by atoms with Gasteiger partial charge in [0.15, 0.2) is 0 Å². The zero-order valence-corrected chi connectivity index (χ0v) is 50.5. The van der Waals surface area contributed by atoms with Crippen molar-refractivity contribution in [3.8, 4) is 0 Å². The fraction of sp³-hybridized carbons (Fsp3) is 0.922. The first-order chi connectivity index (χ1) is 35.5. The molecule has 73 heavy (non-hydrogen) atoms. The molecule has 0 saturated heterocycles. The van der Waals surface area contributed by atoms with Gasteiger partial charge in [0.25, 0.3) is 0 Å². The van der Waals surface area contributed by atoms with Gasteiger partial charge in [-0.3, -0.25) is 13.8 Å². The zero-order valence-electron chi connectivity index (χ0n) is 49.7. The molecular formula is C64H128N2O6P+. The number of hydrogen-bond acceptors (Lipinski definition) is 5. The summed E-state index contributed by atoms with van der Waals surface area (Å²) in [5.41, 5.74) is 0. The van der Waals surface area contributed by atoms with Crippen molar-refractivity contribution in [1.82, 2.24) is 5.32 Å². The number of allylic oxidation sites excluding steroid dienone is 3. The molecule has 0 aliphatic rings. The molecule has 0 aliphatic carbocycles. The minimum absolute atomic E-state index is 0.0587. The number of carbonyl (C=O) groups excluding carboxylic acids is 1. The monoisotopic (exact) mass is 1050 g/mol. The molecule has 0 rings (SSSR count). The van der Waals surface area contributed by atoms with Crippen molar-refractivity contribution in [2.45, 2.75) is 341 Å². The van der Waals surface area contributed by atoms with Crippen LogP contribution in [0.25, 0.3) is 0 Å². The van der Waals surface area contributed by atoms with Crippen LogP contribution >= 0.6 is 7.82 Å². The minimum atomic E-state index is -4.35. The average Bonchev–Trinajstić information content (AvgIpc) is 3.35. The highest BCUT2D eigenvalue weighted by molar-refractivity contribution is 7.47. The van der Waals surface area contributed by atoms with Crippen LogP contribution in [0.15, 0.2) is 24.3 Å². The Morgan fingerprint density at radius 2 is 0.753 bits per heavy atom. The number of hydrogen-bond donors (Lipinski definition) is 3. The standard InChI is InChI=1S/C64H127N2O6P/c1-6-8-10-12-14-16-18-20-22-23-24-25-26-27-28-29-30-31-32-33-34-35-36-37-38-39-40-41-42-44-46-48-50-52-54-56-58-64(68)65-62(61-72-73(69,70)71-60-59-66(3,4)5)63(67)57-55-53-51-49-47-45-43-21-19-17-15-13-11-9-7-2/h47,49,55,57,62-63,67H,6-46,48,50-54,56,58-61H2,1-5H3,(H-,65,68,69,70)/p+1/b49-47+,57-55+. The van der Waals surface area contributed by atoms with Crippen molar-refractivity contribution in [3.05, 3.63) is 24.3 Å². The normalized spacial score (nSPS) is 13.9. The first-order valence-corrected chi connectivity index (χ1v) is 33.7. The number of likely N-dealkylation sites (N-methyl/N-ethyl adjacent to an activating group) is 1. The van der Waals surface area contributed by atoms with Crippen LogP contribution in [0.5, 0.6) is 0 Å². The quantitative estimate of drug-likeness (QED) is 0.0243. The van der Waals surface area contributed by atoms with E-state index in [2.05, 4.69) is 31.3 Å². The zero-order chi connectivity index (χ0) is 53.5. The number of unbranched alkanes of at least 4 members (excludes halogenated alkanes) is 45. The summed E-state index contributed by atoms with van der Waals surface area (Å²) >= 11 is 0. The molecule has 3 atom stereocenters. The summed E-state index contributed by atoms with van der Waals surface area (Å²) in [5, 5.41) is 13.9. The second kappa shape index (κ2) is 55.7. The maximum absolute atomic E-state index is 13.0. The lowest BCUT2D eigenvalue weighted by molar-refractivity contribution is -0.870. The fourth-order valence-corrected chi connectivity index (χ4v) is 10.6. The van der Waals surface area contributed by atoms with Crippen molar-refractivity contribution < 1.29 is 32.9 Å². The maximum Gasteiger partial charge on any atom is 0.472 e. The van der Waals surface area contributed by atoms with Gasteiger partial charge in [0.2, 0.25) is 5.91 Å². The van der Waals surface area contributed by atoms with Crippen LogP contribution in [-0.2, 0) is 18.4 Å². The number of rotatable bonds is 60. The Morgan fingerprint density at radius 3 is 1.10 bits per heavy atom. The lowest BCUT2D eigenvalue weighted by Gasteiger charge is -2.25. The molecule has 0 saturated carbocycles. The number of phosphoric acid groups is 1. The van der Waals surface area contributed by atoms with Gasteiger partial charge in [-0.15, -0.1) is 0 Å². The molecule has 8 nitrogen and oxygen atoms in total. The Morgan fingerprint density at radius 1 is 0.452 bits per heavy atom. The predicted octanol–water partition coefficient (Wildman–Crippen LogP) is 19.9. The van der Waals surface area contributed by atoms with E-state index in [1.54, 1.807) is 6.08 Å². The molecule has 1 amide bonds. The molecule has 0 spiro atoms. The van der Waals surface area contributed by atoms with Gasteiger partial charge in [-0.2, -0.15) is 0 Å². The highest BCUT2D eigenvalue weighted by atomic mass is 31.2. The van der Waals surface area contributed by atoms with E-state index in [0.717, 1.165) is 38.5 Å². The van der Waals surface area contributed by atoms with E-state index in [9.17, 15) is 19.4 Å². The highest BCUT2D eigenvalue weighted by Gasteiger charge is 2.27. The molecule has 0 aromatic carbocycles. The lowest BCUT2D eigenvalue weighted by atomic mass is 10.0. The van der Waals surface area contributed by atoms with Gasteiger partial charge in [0.05, 0.1) is 39.9 Å². The Labute approximate surface area is 455 Å². The molecule has 0 aliphatic heterocycles.